The van der Waals surface area contributed by atoms with Gasteiger partial charge in [-0.1, -0.05) is 24.2 Å². The number of carbonyl (C=O) groups is 1. The smallest absolute Gasteiger partial charge is 0.226 e. The van der Waals surface area contributed by atoms with E-state index in [4.69, 9.17) is 4.52 Å². The second kappa shape index (κ2) is 6.52. The molecular formula is C19H19N3O2S. The first-order valence-corrected chi connectivity index (χ1v) is 9.37. The summed E-state index contributed by atoms with van der Waals surface area (Å²) in [7, 11) is 0. The van der Waals surface area contributed by atoms with Crippen molar-refractivity contribution in [2.24, 2.45) is 0 Å². The first kappa shape index (κ1) is 16.1. The number of rotatable bonds is 5. The van der Waals surface area contributed by atoms with E-state index in [-0.39, 0.29) is 11.7 Å². The van der Waals surface area contributed by atoms with Gasteiger partial charge in [0.2, 0.25) is 11.7 Å². The van der Waals surface area contributed by atoms with Crippen molar-refractivity contribution in [2.45, 2.75) is 45.4 Å². The number of aromatic nitrogens is 3. The van der Waals surface area contributed by atoms with E-state index in [0.29, 0.717) is 23.1 Å². The third kappa shape index (κ3) is 3.14. The van der Waals surface area contributed by atoms with Crippen LogP contribution >= 0.6 is 11.3 Å². The van der Waals surface area contributed by atoms with Gasteiger partial charge in [-0.3, -0.25) is 4.79 Å². The average Bonchev–Trinajstić information content (AvgIpc) is 3.34. The molecule has 1 atom stereocenters. The first-order chi connectivity index (χ1) is 12.1. The zero-order chi connectivity index (χ0) is 17.4. The highest BCUT2D eigenvalue weighted by atomic mass is 32.1. The second-order valence-corrected chi connectivity index (χ2v) is 7.65. The highest BCUT2D eigenvalue weighted by molar-refractivity contribution is 7.13. The molecule has 0 amide bonds. The molecule has 0 aliphatic heterocycles. The summed E-state index contributed by atoms with van der Waals surface area (Å²) in [5.41, 5.74) is 3.53. The molecule has 2 aromatic heterocycles. The molecule has 0 saturated heterocycles. The van der Waals surface area contributed by atoms with Gasteiger partial charge in [0.05, 0.1) is 0 Å². The van der Waals surface area contributed by atoms with Crippen LogP contribution in [0.2, 0.25) is 0 Å². The van der Waals surface area contributed by atoms with Crippen LogP contribution in [0.1, 0.15) is 57.4 Å². The Kier molecular flexibility index (Phi) is 4.21. The molecule has 0 unspecified atom stereocenters. The highest BCUT2D eigenvalue weighted by Gasteiger charge is 2.26. The number of hydrogen-bond acceptors (Lipinski definition) is 6. The molecule has 0 N–H and O–H groups in total. The van der Waals surface area contributed by atoms with Crippen molar-refractivity contribution in [3.8, 4) is 11.4 Å². The van der Waals surface area contributed by atoms with Crippen molar-refractivity contribution in [1.82, 2.24) is 15.1 Å². The third-order valence-corrected chi connectivity index (χ3v) is 5.62. The van der Waals surface area contributed by atoms with Crippen LogP contribution in [0.15, 0.2) is 28.9 Å². The van der Waals surface area contributed by atoms with E-state index in [0.717, 1.165) is 29.7 Å². The number of carbonyl (C=O) groups excluding carboxylic acids is 1. The number of benzene rings is 1. The Morgan fingerprint density at radius 3 is 3.00 bits per heavy atom. The fraction of sp³-hybridized carbons (Fsp3) is 0.368. The summed E-state index contributed by atoms with van der Waals surface area (Å²) in [6.07, 6.45) is 5.01. The number of ketones is 1. The molecule has 2 heterocycles. The van der Waals surface area contributed by atoms with E-state index in [1.165, 1.54) is 22.5 Å². The van der Waals surface area contributed by atoms with E-state index in [2.05, 4.69) is 27.3 Å². The van der Waals surface area contributed by atoms with Crippen molar-refractivity contribution in [3.05, 3.63) is 51.3 Å². The van der Waals surface area contributed by atoms with Crippen molar-refractivity contribution in [1.29, 1.82) is 0 Å². The van der Waals surface area contributed by atoms with Gasteiger partial charge in [0.15, 0.2) is 10.8 Å². The fourth-order valence-corrected chi connectivity index (χ4v) is 4.08. The normalized spacial score (nSPS) is 16.2. The minimum Gasteiger partial charge on any atom is -0.339 e. The zero-order valence-corrected chi connectivity index (χ0v) is 15.1. The summed E-state index contributed by atoms with van der Waals surface area (Å²) in [6.45, 7) is 3.97. The summed E-state index contributed by atoms with van der Waals surface area (Å²) in [6, 6.07) is 6.28. The number of nitrogens with zero attached hydrogens (tertiary/aromatic N) is 3. The first-order valence-electron chi connectivity index (χ1n) is 8.55. The molecule has 1 aliphatic rings. The van der Waals surface area contributed by atoms with E-state index >= 15 is 0 Å². The van der Waals surface area contributed by atoms with Gasteiger partial charge in [0, 0.05) is 29.5 Å². The Labute approximate surface area is 150 Å². The number of thiazole rings is 1. The molecule has 0 saturated carbocycles. The van der Waals surface area contributed by atoms with Gasteiger partial charge in [0.25, 0.3) is 0 Å². The van der Waals surface area contributed by atoms with E-state index < -0.39 is 0 Å². The molecule has 0 fully saturated rings. The van der Waals surface area contributed by atoms with Crippen molar-refractivity contribution >= 4 is 17.1 Å². The van der Waals surface area contributed by atoms with Gasteiger partial charge < -0.3 is 4.52 Å². The SMILES string of the molecule is CCc1nc(-c2ccc3c(c2)CC[C@H]3CC(=O)c2ncc(C)s2)no1. The lowest BCUT2D eigenvalue weighted by molar-refractivity contribution is 0.0973. The average molecular weight is 353 g/mol. The summed E-state index contributed by atoms with van der Waals surface area (Å²) in [4.78, 5) is 22.2. The molecule has 0 bridgehead atoms. The standard InChI is InChI=1S/C19H19N3O2S/c1-3-17-21-18(22-24-17)14-6-7-15-12(8-14)4-5-13(15)9-16(23)19-20-10-11(2)25-19/h6-8,10,13H,3-5,9H2,1-2H3/t13-/m0/s1. The summed E-state index contributed by atoms with van der Waals surface area (Å²) in [5, 5.41) is 4.67. The lowest BCUT2D eigenvalue weighted by Gasteiger charge is -2.10. The van der Waals surface area contributed by atoms with Crippen LogP contribution in [0.5, 0.6) is 0 Å². The number of fused-ring (bicyclic) bond motifs is 1. The Morgan fingerprint density at radius 1 is 1.40 bits per heavy atom. The maximum Gasteiger partial charge on any atom is 0.226 e. The minimum atomic E-state index is 0.144. The van der Waals surface area contributed by atoms with Crippen LogP contribution in [0.3, 0.4) is 0 Å². The molecule has 0 spiro atoms. The molecule has 128 valence electrons. The summed E-state index contributed by atoms with van der Waals surface area (Å²) < 4.78 is 5.20. The molecule has 5 nitrogen and oxygen atoms in total. The molecule has 1 aromatic carbocycles. The van der Waals surface area contributed by atoms with Crippen LogP contribution in [-0.2, 0) is 12.8 Å². The van der Waals surface area contributed by atoms with Gasteiger partial charge in [-0.15, -0.1) is 11.3 Å². The van der Waals surface area contributed by atoms with Crippen LogP contribution in [0.4, 0.5) is 0 Å². The van der Waals surface area contributed by atoms with Crippen molar-refractivity contribution in [3.63, 3.8) is 0 Å². The molecular weight excluding hydrogens is 334 g/mol. The molecule has 25 heavy (non-hydrogen) atoms. The Morgan fingerprint density at radius 2 is 2.28 bits per heavy atom. The Hall–Kier alpha value is -2.34. The third-order valence-electron chi connectivity index (χ3n) is 4.67. The van der Waals surface area contributed by atoms with Crippen LogP contribution in [0.25, 0.3) is 11.4 Å². The predicted molar refractivity (Wildman–Crippen MR) is 96.0 cm³/mol. The Balaban J connectivity index is 1.54. The number of aryl methyl sites for hydroxylation is 3. The number of Topliss-reactive ketones (excluding diaryl/α,β-unsaturated/α-hetero) is 1. The van der Waals surface area contributed by atoms with Crippen molar-refractivity contribution in [2.75, 3.05) is 0 Å². The van der Waals surface area contributed by atoms with Gasteiger partial charge >= 0.3 is 0 Å². The van der Waals surface area contributed by atoms with Crippen molar-refractivity contribution < 1.29 is 9.32 Å². The molecule has 1 aliphatic carbocycles. The van der Waals surface area contributed by atoms with Gasteiger partial charge in [0.1, 0.15) is 0 Å². The lowest BCUT2D eigenvalue weighted by Crippen LogP contribution is -2.05. The van der Waals surface area contributed by atoms with Crippen LogP contribution in [0, 0.1) is 6.92 Å². The maximum atomic E-state index is 12.5. The van der Waals surface area contributed by atoms with E-state index in [9.17, 15) is 4.79 Å². The second-order valence-electron chi connectivity index (χ2n) is 6.42. The van der Waals surface area contributed by atoms with Gasteiger partial charge in [-0.25, -0.2) is 4.98 Å². The van der Waals surface area contributed by atoms with Crippen LogP contribution in [-0.4, -0.2) is 20.9 Å². The van der Waals surface area contributed by atoms with Crippen LogP contribution < -0.4 is 0 Å². The number of hydrogen-bond donors (Lipinski definition) is 0. The lowest BCUT2D eigenvalue weighted by atomic mass is 9.95. The molecule has 0 radical (unpaired) electrons. The molecule has 3 aromatic rings. The highest BCUT2D eigenvalue weighted by Crippen LogP contribution is 2.38. The topological polar surface area (TPSA) is 68.9 Å². The van der Waals surface area contributed by atoms with Gasteiger partial charge in [-0.2, -0.15) is 4.98 Å². The quantitative estimate of drug-likeness (QED) is 0.637. The minimum absolute atomic E-state index is 0.144. The molecule has 6 heteroatoms. The van der Waals surface area contributed by atoms with E-state index in [1.807, 2.05) is 19.9 Å². The Bertz CT molecular complexity index is 928. The van der Waals surface area contributed by atoms with Gasteiger partial charge in [-0.05, 0) is 42.9 Å². The maximum absolute atomic E-state index is 12.5. The predicted octanol–water partition coefficient (Wildman–Crippen LogP) is 4.37. The monoisotopic (exact) mass is 353 g/mol. The molecule has 4 rings (SSSR count). The summed E-state index contributed by atoms with van der Waals surface area (Å²) >= 11 is 1.48. The zero-order valence-electron chi connectivity index (χ0n) is 14.3. The fourth-order valence-electron chi connectivity index (χ4n) is 3.37. The summed E-state index contributed by atoms with van der Waals surface area (Å²) in [5.74, 6) is 1.71. The van der Waals surface area contributed by atoms with E-state index in [1.54, 1.807) is 6.20 Å². The largest absolute Gasteiger partial charge is 0.339 e.